The van der Waals surface area contributed by atoms with Crippen molar-refractivity contribution >= 4 is 11.5 Å². The quantitative estimate of drug-likeness (QED) is 0.723. The number of nitrogens with two attached hydrogens (primary N) is 1. The summed E-state index contributed by atoms with van der Waals surface area (Å²) in [6.45, 7) is 3.18. The van der Waals surface area contributed by atoms with E-state index in [1.165, 1.54) is 11.5 Å². The molecule has 62 valence electrons. The first-order valence-electron chi connectivity index (χ1n) is 3.45. The van der Waals surface area contributed by atoms with Crippen LogP contribution in [-0.2, 0) is 4.74 Å². The van der Waals surface area contributed by atoms with Crippen LogP contribution in [-0.4, -0.2) is 22.8 Å². The maximum atomic E-state index is 5.73. The summed E-state index contributed by atoms with van der Waals surface area (Å²) in [5.41, 5.74) is 5.73. The molecular formula is C6H11N3OS. The Bertz CT molecular complexity index is 190. The van der Waals surface area contributed by atoms with Gasteiger partial charge >= 0.3 is 0 Å². The summed E-state index contributed by atoms with van der Waals surface area (Å²) in [7, 11) is 0. The summed E-state index contributed by atoms with van der Waals surface area (Å²) in [6.07, 6.45) is 1.67. The van der Waals surface area contributed by atoms with E-state index in [9.17, 15) is 0 Å². The summed E-state index contributed by atoms with van der Waals surface area (Å²) in [6, 6.07) is -0.0741. The second kappa shape index (κ2) is 4.38. The number of ether oxygens (including phenoxy) is 1. The molecule has 0 aliphatic rings. The van der Waals surface area contributed by atoms with Crippen LogP contribution in [0.2, 0.25) is 0 Å². The van der Waals surface area contributed by atoms with Crippen molar-refractivity contribution in [2.45, 2.75) is 13.0 Å². The van der Waals surface area contributed by atoms with E-state index in [0.717, 1.165) is 4.88 Å². The van der Waals surface area contributed by atoms with Crippen LogP contribution in [0.15, 0.2) is 6.20 Å². The molecule has 1 aromatic rings. The third-order valence-corrected chi connectivity index (χ3v) is 2.04. The third kappa shape index (κ3) is 2.53. The highest BCUT2D eigenvalue weighted by Crippen LogP contribution is 2.11. The number of rotatable bonds is 4. The van der Waals surface area contributed by atoms with Gasteiger partial charge in [0.05, 0.1) is 23.7 Å². The van der Waals surface area contributed by atoms with Gasteiger partial charge in [0, 0.05) is 6.61 Å². The maximum Gasteiger partial charge on any atom is 0.0670 e. The second-order valence-electron chi connectivity index (χ2n) is 2.09. The molecule has 0 radical (unpaired) electrons. The Kier molecular flexibility index (Phi) is 3.41. The largest absolute Gasteiger partial charge is 0.380 e. The standard InChI is InChI=1S/C6H11N3OS/c1-2-10-4-5(7)6-3-8-9-11-6/h3,5H,2,4,7H2,1H3. The summed E-state index contributed by atoms with van der Waals surface area (Å²) >= 11 is 1.32. The Morgan fingerprint density at radius 1 is 1.82 bits per heavy atom. The van der Waals surface area contributed by atoms with Gasteiger partial charge in [-0.2, -0.15) is 0 Å². The van der Waals surface area contributed by atoms with E-state index in [-0.39, 0.29) is 6.04 Å². The van der Waals surface area contributed by atoms with Gasteiger partial charge in [-0.1, -0.05) is 4.49 Å². The predicted molar refractivity (Wildman–Crippen MR) is 43.3 cm³/mol. The van der Waals surface area contributed by atoms with E-state index >= 15 is 0 Å². The van der Waals surface area contributed by atoms with E-state index in [0.29, 0.717) is 13.2 Å². The van der Waals surface area contributed by atoms with Crippen LogP contribution < -0.4 is 5.73 Å². The van der Waals surface area contributed by atoms with Crippen molar-refractivity contribution in [1.29, 1.82) is 0 Å². The second-order valence-corrected chi connectivity index (χ2v) is 2.90. The van der Waals surface area contributed by atoms with Crippen LogP contribution in [0.25, 0.3) is 0 Å². The van der Waals surface area contributed by atoms with Crippen LogP contribution in [0.1, 0.15) is 17.8 Å². The fourth-order valence-electron chi connectivity index (χ4n) is 0.665. The van der Waals surface area contributed by atoms with Crippen LogP contribution in [0, 0.1) is 0 Å². The summed E-state index contributed by atoms with van der Waals surface area (Å²) < 4.78 is 8.85. The molecule has 5 heteroatoms. The van der Waals surface area contributed by atoms with Crippen molar-refractivity contribution in [3.63, 3.8) is 0 Å². The zero-order valence-electron chi connectivity index (χ0n) is 6.36. The molecule has 1 atom stereocenters. The van der Waals surface area contributed by atoms with E-state index < -0.39 is 0 Å². The fraction of sp³-hybridized carbons (Fsp3) is 0.667. The van der Waals surface area contributed by atoms with Gasteiger partial charge in [0.15, 0.2) is 0 Å². The molecule has 0 fully saturated rings. The molecule has 1 unspecified atom stereocenters. The molecule has 11 heavy (non-hydrogen) atoms. The van der Waals surface area contributed by atoms with Crippen molar-refractivity contribution in [1.82, 2.24) is 9.59 Å². The average Bonchev–Trinajstić information content (AvgIpc) is 2.52. The van der Waals surface area contributed by atoms with Crippen LogP contribution in [0.5, 0.6) is 0 Å². The van der Waals surface area contributed by atoms with Gasteiger partial charge in [0.2, 0.25) is 0 Å². The molecule has 0 bridgehead atoms. The van der Waals surface area contributed by atoms with Gasteiger partial charge in [-0.3, -0.25) is 0 Å². The molecule has 4 nitrogen and oxygen atoms in total. The first-order valence-corrected chi connectivity index (χ1v) is 4.22. The Morgan fingerprint density at radius 3 is 3.18 bits per heavy atom. The average molecular weight is 173 g/mol. The summed E-state index contributed by atoms with van der Waals surface area (Å²) in [4.78, 5) is 0.971. The number of hydrogen-bond donors (Lipinski definition) is 1. The van der Waals surface area contributed by atoms with Gasteiger partial charge in [0.1, 0.15) is 0 Å². The monoisotopic (exact) mass is 173 g/mol. The highest BCUT2D eigenvalue weighted by Gasteiger charge is 2.07. The predicted octanol–water partition coefficient (Wildman–Crippen LogP) is 0.574. The first kappa shape index (κ1) is 8.58. The SMILES string of the molecule is CCOCC(N)c1cnns1. The summed E-state index contributed by atoms with van der Waals surface area (Å²) in [5.74, 6) is 0. The molecule has 0 aromatic carbocycles. The normalized spacial score (nSPS) is 13.3. The van der Waals surface area contributed by atoms with E-state index in [2.05, 4.69) is 9.59 Å². The van der Waals surface area contributed by atoms with Crippen LogP contribution in [0.4, 0.5) is 0 Å². The topological polar surface area (TPSA) is 61.0 Å². The Balaban J connectivity index is 2.36. The zero-order valence-corrected chi connectivity index (χ0v) is 7.17. The Labute approximate surface area is 69.5 Å². The molecule has 0 aliphatic heterocycles. The van der Waals surface area contributed by atoms with Crippen molar-refractivity contribution in [2.24, 2.45) is 5.73 Å². The molecular weight excluding hydrogens is 162 g/mol. The van der Waals surface area contributed by atoms with Crippen molar-refractivity contribution in [2.75, 3.05) is 13.2 Å². The minimum atomic E-state index is -0.0741. The first-order chi connectivity index (χ1) is 5.34. The lowest BCUT2D eigenvalue weighted by Gasteiger charge is -2.06. The zero-order chi connectivity index (χ0) is 8.10. The number of aromatic nitrogens is 2. The van der Waals surface area contributed by atoms with Crippen molar-refractivity contribution in [3.05, 3.63) is 11.1 Å². The highest BCUT2D eigenvalue weighted by molar-refractivity contribution is 7.05. The fourth-order valence-corrected chi connectivity index (χ4v) is 1.15. The van der Waals surface area contributed by atoms with E-state index in [4.69, 9.17) is 10.5 Å². The third-order valence-electron chi connectivity index (χ3n) is 1.25. The molecule has 0 amide bonds. The maximum absolute atomic E-state index is 5.73. The van der Waals surface area contributed by atoms with Crippen molar-refractivity contribution < 1.29 is 4.74 Å². The lowest BCUT2D eigenvalue weighted by Crippen LogP contribution is -2.15. The van der Waals surface area contributed by atoms with Gasteiger partial charge in [0.25, 0.3) is 0 Å². The highest BCUT2D eigenvalue weighted by atomic mass is 32.1. The van der Waals surface area contributed by atoms with Gasteiger partial charge in [-0.25, -0.2) is 0 Å². The Hall–Kier alpha value is -0.520. The minimum Gasteiger partial charge on any atom is -0.380 e. The van der Waals surface area contributed by atoms with Crippen LogP contribution in [0.3, 0.4) is 0 Å². The molecule has 1 aromatic heterocycles. The molecule has 1 rings (SSSR count). The molecule has 0 saturated carbocycles. The molecule has 0 aliphatic carbocycles. The molecule has 2 N–H and O–H groups in total. The molecule has 0 saturated heterocycles. The number of nitrogens with zero attached hydrogens (tertiary/aromatic N) is 2. The number of hydrogen-bond acceptors (Lipinski definition) is 5. The lowest BCUT2D eigenvalue weighted by atomic mass is 10.3. The Morgan fingerprint density at radius 2 is 2.64 bits per heavy atom. The molecule has 1 heterocycles. The smallest absolute Gasteiger partial charge is 0.0670 e. The van der Waals surface area contributed by atoms with Crippen LogP contribution >= 0.6 is 11.5 Å². The summed E-state index contributed by atoms with van der Waals surface area (Å²) in [5, 5.41) is 3.68. The van der Waals surface area contributed by atoms with Gasteiger partial charge in [-0.05, 0) is 18.5 Å². The lowest BCUT2D eigenvalue weighted by molar-refractivity contribution is 0.134. The van der Waals surface area contributed by atoms with E-state index in [1.807, 2.05) is 6.92 Å². The van der Waals surface area contributed by atoms with Gasteiger partial charge < -0.3 is 10.5 Å². The van der Waals surface area contributed by atoms with Gasteiger partial charge in [-0.15, -0.1) is 5.10 Å². The van der Waals surface area contributed by atoms with E-state index in [1.54, 1.807) is 6.20 Å². The minimum absolute atomic E-state index is 0.0741. The molecule has 0 spiro atoms. The van der Waals surface area contributed by atoms with Crippen molar-refractivity contribution in [3.8, 4) is 0 Å².